The van der Waals surface area contributed by atoms with E-state index in [1.165, 1.54) is 5.57 Å². The van der Waals surface area contributed by atoms with Gasteiger partial charge in [0.15, 0.2) is 0 Å². The van der Waals surface area contributed by atoms with Gasteiger partial charge in [0, 0.05) is 0 Å². The van der Waals surface area contributed by atoms with E-state index in [1.54, 1.807) is 0 Å². The van der Waals surface area contributed by atoms with E-state index >= 15 is 0 Å². The fraction of sp³-hybridized carbons (Fsp3) is 0.667. The summed E-state index contributed by atoms with van der Waals surface area (Å²) in [5.41, 5.74) is 1.30. The van der Waals surface area contributed by atoms with E-state index in [9.17, 15) is 0 Å². The Labute approximate surface area is 87.3 Å². The van der Waals surface area contributed by atoms with E-state index in [-0.39, 0.29) is 6.61 Å². The van der Waals surface area contributed by atoms with E-state index < -0.39 is 0 Å². The van der Waals surface area contributed by atoms with Crippen molar-refractivity contribution in [3.63, 3.8) is 0 Å². The molecule has 2 nitrogen and oxygen atoms in total. The lowest BCUT2D eigenvalue weighted by atomic mass is 9.99. The smallest absolute Gasteiger partial charge is 0.118 e. The Morgan fingerprint density at radius 2 is 2.07 bits per heavy atom. The molecule has 0 heterocycles. The molecule has 0 amide bonds. The van der Waals surface area contributed by atoms with Crippen molar-refractivity contribution in [3.05, 3.63) is 23.5 Å². The molecule has 0 aromatic heterocycles. The molecule has 0 atom stereocenters. The van der Waals surface area contributed by atoms with Crippen LogP contribution in [0.1, 0.15) is 34.1 Å². The highest BCUT2D eigenvalue weighted by atomic mass is 16.5. The molecule has 1 N–H and O–H groups in total. The lowest BCUT2D eigenvalue weighted by molar-refractivity contribution is 0.148. The van der Waals surface area contributed by atoms with Crippen LogP contribution in [0.15, 0.2) is 23.5 Å². The third-order valence-electron chi connectivity index (χ3n) is 2.06. The second-order valence-corrected chi connectivity index (χ2v) is 3.47. The predicted octanol–water partition coefficient (Wildman–Crippen LogP) is 2.89. The number of allylic oxidation sites excluding steroid dienone is 3. The summed E-state index contributed by atoms with van der Waals surface area (Å²) in [4.78, 5) is 0. The van der Waals surface area contributed by atoms with Crippen LogP contribution in [0.4, 0.5) is 0 Å². The van der Waals surface area contributed by atoms with Gasteiger partial charge in [-0.25, -0.2) is 0 Å². The first-order valence-corrected chi connectivity index (χ1v) is 5.26. The van der Waals surface area contributed by atoms with E-state index in [2.05, 4.69) is 20.8 Å². The van der Waals surface area contributed by atoms with Crippen molar-refractivity contribution in [3.8, 4) is 0 Å². The molecule has 82 valence electrons. The summed E-state index contributed by atoms with van der Waals surface area (Å²) >= 11 is 0. The fourth-order valence-corrected chi connectivity index (χ4v) is 1.42. The minimum absolute atomic E-state index is 0.0656. The van der Waals surface area contributed by atoms with Gasteiger partial charge in [-0.3, -0.25) is 0 Å². The molecule has 0 saturated heterocycles. The van der Waals surface area contributed by atoms with Gasteiger partial charge in [-0.05, 0) is 30.9 Å². The molecule has 0 bridgehead atoms. The molecule has 0 aromatic rings. The van der Waals surface area contributed by atoms with Gasteiger partial charge in [-0.2, -0.15) is 0 Å². The lowest BCUT2D eigenvalue weighted by Gasteiger charge is -2.15. The van der Waals surface area contributed by atoms with Crippen LogP contribution in [0, 0.1) is 5.92 Å². The van der Waals surface area contributed by atoms with Crippen molar-refractivity contribution in [1.82, 2.24) is 0 Å². The van der Waals surface area contributed by atoms with E-state index in [0.717, 1.165) is 12.2 Å². The molecule has 0 aliphatic rings. The van der Waals surface area contributed by atoms with E-state index in [1.807, 2.05) is 19.1 Å². The summed E-state index contributed by atoms with van der Waals surface area (Å²) < 4.78 is 5.49. The first kappa shape index (κ1) is 13.2. The lowest BCUT2D eigenvalue weighted by Crippen LogP contribution is -2.04. The maximum absolute atomic E-state index is 8.70. The Bertz CT molecular complexity index is 202. The maximum Gasteiger partial charge on any atom is 0.118 e. The monoisotopic (exact) mass is 198 g/mol. The first-order chi connectivity index (χ1) is 6.67. The van der Waals surface area contributed by atoms with Crippen molar-refractivity contribution in [2.45, 2.75) is 34.1 Å². The molecule has 2 heteroatoms. The largest absolute Gasteiger partial charge is 0.491 e. The zero-order chi connectivity index (χ0) is 11.0. The molecule has 0 unspecified atom stereocenters. The van der Waals surface area contributed by atoms with Gasteiger partial charge < -0.3 is 9.84 Å². The van der Waals surface area contributed by atoms with Crippen LogP contribution in [0.2, 0.25) is 0 Å². The number of hydrogen-bond acceptors (Lipinski definition) is 2. The summed E-state index contributed by atoms with van der Waals surface area (Å²) in [6.45, 7) is 8.85. The second kappa shape index (κ2) is 7.63. The van der Waals surface area contributed by atoms with Crippen LogP contribution >= 0.6 is 0 Å². The normalized spacial score (nSPS) is 13.6. The fourth-order valence-electron chi connectivity index (χ4n) is 1.42. The minimum atomic E-state index is 0.0656. The van der Waals surface area contributed by atoms with E-state index in [0.29, 0.717) is 12.5 Å². The zero-order valence-corrected chi connectivity index (χ0v) is 9.71. The topological polar surface area (TPSA) is 29.5 Å². The molecule has 0 fully saturated rings. The average Bonchev–Trinajstić information content (AvgIpc) is 2.14. The summed E-state index contributed by atoms with van der Waals surface area (Å²) in [5.74, 6) is 1.41. The van der Waals surface area contributed by atoms with Crippen LogP contribution in [0.5, 0.6) is 0 Å². The minimum Gasteiger partial charge on any atom is -0.491 e. The number of ether oxygens (including phenoxy) is 1. The van der Waals surface area contributed by atoms with Crippen molar-refractivity contribution < 1.29 is 9.84 Å². The Balaban J connectivity index is 4.70. The van der Waals surface area contributed by atoms with Crippen molar-refractivity contribution in [2.75, 3.05) is 13.2 Å². The Morgan fingerprint density at radius 1 is 1.43 bits per heavy atom. The number of hydrogen-bond donors (Lipinski definition) is 1. The SMILES string of the molecule is C/C=C\C(OCCO)=C(/CC)C(C)C. The van der Waals surface area contributed by atoms with Gasteiger partial charge in [0.2, 0.25) is 0 Å². The molecule has 0 rings (SSSR count). The Hall–Kier alpha value is -0.760. The van der Waals surface area contributed by atoms with Gasteiger partial charge >= 0.3 is 0 Å². The first-order valence-electron chi connectivity index (χ1n) is 5.26. The molecular weight excluding hydrogens is 176 g/mol. The quantitative estimate of drug-likeness (QED) is 0.525. The van der Waals surface area contributed by atoms with Crippen molar-refractivity contribution >= 4 is 0 Å². The van der Waals surface area contributed by atoms with Crippen LogP contribution in [-0.4, -0.2) is 18.3 Å². The number of aliphatic hydroxyl groups is 1. The van der Waals surface area contributed by atoms with Crippen LogP contribution in [0.3, 0.4) is 0 Å². The molecule has 0 saturated carbocycles. The predicted molar refractivity (Wildman–Crippen MR) is 60.0 cm³/mol. The molecule has 0 radical (unpaired) electrons. The van der Waals surface area contributed by atoms with Gasteiger partial charge in [0.1, 0.15) is 12.4 Å². The number of rotatable bonds is 6. The van der Waals surface area contributed by atoms with Gasteiger partial charge in [-0.15, -0.1) is 0 Å². The molecule has 0 aliphatic carbocycles. The number of aliphatic hydroxyl groups excluding tert-OH is 1. The molecule has 0 aromatic carbocycles. The van der Waals surface area contributed by atoms with Crippen molar-refractivity contribution in [1.29, 1.82) is 0 Å². The maximum atomic E-state index is 8.70. The summed E-state index contributed by atoms with van der Waals surface area (Å²) in [6.07, 6.45) is 4.92. The van der Waals surface area contributed by atoms with Gasteiger partial charge in [0.05, 0.1) is 6.61 Å². The summed E-state index contributed by atoms with van der Waals surface area (Å²) in [6, 6.07) is 0. The van der Waals surface area contributed by atoms with E-state index in [4.69, 9.17) is 9.84 Å². The van der Waals surface area contributed by atoms with Crippen LogP contribution in [-0.2, 0) is 4.74 Å². The third-order valence-corrected chi connectivity index (χ3v) is 2.06. The highest BCUT2D eigenvalue weighted by Gasteiger charge is 2.07. The van der Waals surface area contributed by atoms with Crippen LogP contribution in [0.25, 0.3) is 0 Å². The van der Waals surface area contributed by atoms with Crippen LogP contribution < -0.4 is 0 Å². The van der Waals surface area contributed by atoms with Gasteiger partial charge in [-0.1, -0.05) is 26.8 Å². The zero-order valence-electron chi connectivity index (χ0n) is 9.71. The molecular formula is C12H22O2. The Kier molecular flexibility index (Phi) is 7.21. The Morgan fingerprint density at radius 3 is 2.43 bits per heavy atom. The molecule has 14 heavy (non-hydrogen) atoms. The van der Waals surface area contributed by atoms with Gasteiger partial charge in [0.25, 0.3) is 0 Å². The second-order valence-electron chi connectivity index (χ2n) is 3.47. The van der Waals surface area contributed by atoms with Crippen molar-refractivity contribution in [2.24, 2.45) is 5.92 Å². The highest BCUT2D eigenvalue weighted by Crippen LogP contribution is 2.20. The molecule has 0 aliphatic heterocycles. The highest BCUT2D eigenvalue weighted by molar-refractivity contribution is 5.21. The average molecular weight is 198 g/mol. The summed E-state index contributed by atoms with van der Waals surface area (Å²) in [5, 5.41) is 8.70. The summed E-state index contributed by atoms with van der Waals surface area (Å²) in [7, 11) is 0. The standard InChI is InChI=1S/C12H22O2/c1-5-7-12(14-9-8-13)11(6-2)10(3)4/h5,7,10,13H,6,8-9H2,1-4H3/b7-5-,12-11-. The molecule has 0 spiro atoms. The third kappa shape index (κ3) is 4.47.